The molecule has 0 spiro atoms. The van der Waals surface area contributed by atoms with Crippen LogP contribution in [0.2, 0.25) is 0 Å². The molecule has 0 amide bonds. The molecule has 2 nitrogen and oxygen atoms in total. The lowest BCUT2D eigenvalue weighted by Gasteiger charge is -2.22. The SMILES string of the molecule is CCCCCCCCCCCCCC[NH+]([O-])CCCCCCCCCC. The third-order valence-corrected chi connectivity index (χ3v) is 5.62. The van der Waals surface area contributed by atoms with E-state index in [1.54, 1.807) is 0 Å². The Balaban J connectivity index is 3.11. The second kappa shape index (κ2) is 23.0. The molecule has 0 bridgehead atoms. The molecule has 0 aliphatic rings. The van der Waals surface area contributed by atoms with Crippen molar-refractivity contribution < 1.29 is 5.06 Å². The normalized spacial score (nSPS) is 12.6. The number of rotatable bonds is 22. The van der Waals surface area contributed by atoms with Gasteiger partial charge in [-0.1, -0.05) is 117 Å². The first-order chi connectivity index (χ1) is 12.8. The number of quaternary nitrogens is 1. The third-order valence-electron chi connectivity index (χ3n) is 5.62. The minimum atomic E-state index is 0.517. The van der Waals surface area contributed by atoms with E-state index in [1.165, 1.54) is 116 Å². The van der Waals surface area contributed by atoms with Crippen molar-refractivity contribution in [1.29, 1.82) is 0 Å². The maximum atomic E-state index is 11.9. The molecule has 0 fully saturated rings. The number of hydrogen-bond donors (Lipinski definition) is 1. The van der Waals surface area contributed by atoms with E-state index in [2.05, 4.69) is 13.8 Å². The van der Waals surface area contributed by atoms with Gasteiger partial charge in [0, 0.05) is 0 Å². The molecule has 0 rings (SSSR count). The number of hydrogen-bond acceptors (Lipinski definition) is 1. The maximum absolute atomic E-state index is 11.9. The van der Waals surface area contributed by atoms with Crippen molar-refractivity contribution in [2.45, 2.75) is 142 Å². The molecular weight excluding hydrogens is 318 g/mol. The number of hydroxylamine groups is 2. The first-order valence-corrected chi connectivity index (χ1v) is 12.3. The van der Waals surface area contributed by atoms with Crippen molar-refractivity contribution in [2.24, 2.45) is 0 Å². The van der Waals surface area contributed by atoms with Crippen LogP contribution in [0.4, 0.5) is 0 Å². The fourth-order valence-corrected chi connectivity index (χ4v) is 3.74. The fourth-order valence-electron chi connectivity index (χ4n) is 3.74. The van der Waals surface area contributed by atoms with Gasteiger partial charge in [0.15, 0.2) is 0 Å². The maximum Gasteiger partial charge on any atom is 0.0768 e. The molecule has 0 saturated heterocycles. The lowest BCUT2D eigenvalue weighted by Crippen LogP contribution is -3.07. The van der Waals surface area contributed by atoms with Crippen molar-refractivity contribution in [2.75, 3.05) is 13.1 Å². The summed E-state index contributed by atoms with van der Waals surface area (Å²) < 4.78 is 0. The Hall–Kier alpha value is -0.0800. The van der Waals surface area contributed by atoms with Crippen LogP contribution in [-0.2, 0) is 0 Å². The molecule has 0 radical (unpaired) electrons. The summed E-state index contributed by atoms with van der Waals surface area (Å²) in [6.45, 7) is 6.23. The summed E-state index contributed by atoms with van der Waals surface area (Å²) in [4.78, 5) is 0. The summed E-state index contributed by atoms with van der Waals surface area (Å²) in [7, 11) is 0. The zero-order valence-corrected chi connectivity index (χ0v) is 18.5. The molecule has 0 aromatic rings. The van der Waals surface area contributed by atoms with Gasteiger partial charge in [-0.15, -0.1) is 0 Å². The van der Waals surface area contributed by atoms with Crippen LogP contribution < -0.4 is 5.06 Å². The lowest BCUT2D eigenvalue weighted by atomic mass is 10.1. The van der Waals surface area contributed by atoms with Gasteiger partial charge in [-0.3, -0.25) is 0 Å². The van der Waals surface area contributed by atoms with Crippen molar-refractivity contribution in [3.63, 3.8) is 0 Å². The van der Waals surface area contributed by atoms with Gasteiger partial charge in [0.05, 0.1) is 13.1 Å². The zero-order valence-electron chi connectivity index (χ0n) is 18.5. The molecule has 158 valence electrons. The van der Waals surface area contributed by atoms with Crippen LogP contribution in [0.15, 0.2) is 0 Å². The largest absolute Gasteiger partial charge is 0.634 e. The van der Waals surface area contributed by atoms with Gasteiger partial charge < -0.3 is 10.3 Å². The van der Waals surface area contributed by atoms with Crippen LogP contribution in [0.5, 0.6) is 0 Å². The highest BCUT2D eigenvalue weighted by Crippen LogP contribution is 2.11. The molecule has 0 aliphatic carbocycles. The van der Waals surface area contributed by atoms with Crippen LogP contribution in [-0.4, -0.2) is 13.1 Å². The van der Waals surface area contributed by atoms with Gasteiger partial charge in [0.1, 0.15) is 0 Å². The Morgan fingerprint density at radius 2 is 0.615 bits per heavy atom. The summed E-state index contributed by atoms with van der Waals surface area (Å²) in [6.07, 6.45) is 27.0. The van der Waals surface area contributed by atoms with Crippen LogP contribution in [0.25, 0.3) is 0 Å². The van der Waals surface area contributed by atoms with E-state index in [9.17, 15) is 5.21 Å². The van der Waals surface area contributed by atoms with E-state index in [-0.39, 0.29) is 0 Å². The molecule has 1 unspecified atom stereocenters. The lowest BCUT2D eigenvalue weighted by molar-refractivity contribution is -0.848. The Morgan fingerprint density at radius 1 is 0.385 bits per heavy atom. The molecule has 0 saturated carbocycles. The van der Waals surface area contributed by atoms with Crippen molar-refractivity contribution in [1.82, 2.24) is 0 Å². The summed E-state index contributed by atoms with van der Waals surface area (Å²) in [6, 6.07) is 0. The molecule has 2 heteroatoms. The predicted molar refractivity (Wildman–Crippen MR) is 118 cm³/mol. The first kappa shape index (κ1) is 25.9. The van der Waals surface area contributed by atoms with Gasteiger partial charge in [0.25, 0.3) is 0 Å². The van der Waals surface area contributed by atoms with Gasteiger partial charge in [0.2, 0.25) is 0 Å². The molecule has 0 aliphatic heterocycles. The van der Waals surface area contributed by atoms with E-state index >= 15 is 0 Å². The first-order valence-electron chi connectivity index (χ1n) is 12.3. The average molecular weight is 370 g/mol. The highest BCUT2D eigenvalue weighted by molar-refractivity contribution is 4.49. The average Bonchev–Trinajstić information content (AvgIpc) is 2.65. The summed E-state index contributed by atoms with van der Waals surface area (Å²) in [5.74, 6) is 0. The van der Waals surface area contributed by atoms with Crippen molar-refractivity contribution in [3.8, 4) is 0 Å². The van der Waals surface area contributed by atoms with E-state index < -0.39 is 0 Å². The summed E-state index contributed by atoms with van der Waals surface area (Å²) >= 11 is 0. The molecule has 0 aromatic heterocycles. The van der Waals surface area contributed by atoms with Crippen LogP contribution >= 0.6 is 0 Å². The van der Waals surface area contributed by atoms with Gasteiger partial charge in [-0.2, -0.15) is 0 Å². The summed E-state index contributed by atoms with van der Waals surface area (Å²) in [5.41, 5.74) is 0. The third kappa shape index (κ3) is 22.0. The Labute approximate surface area is 166 Å². The highest BCUT2D eigenvalue weighted by atomic mass is 16.5. The minimum Gasteiger partial charge on any atom is -0.634 e. The quantitative estimate of drug-likeness (QED) is 0.158. The van der Waals surface area contributed by atoms with Gasteiger partial charge >= 0.3 is 0 Å². The van der Waals surface area contributed by atoms with Crippen LogP contribution in [0, 0.1) is 5.21 Å². The van der Waals surface area contributed by atoms with E-state index in [0.29, 0.717) is 5.06 Å². The zero-order chi connectivity index (χ0) is 19.1. The van der Waals surface area contributed by atoms with Crippen molar-refractivity contribution in [3.05, 3.63) is 5.21 Å². The molecule has 0 heterocycles. The van der Waals surface area contributed by atoms with Crippen LogP contribution in [0.3, 0.4) is 0 Å². The number of nitrogens with one attached hydrogen (secondary N) is 1. The fraction of sp³-hybridized carbons (Fsp3) is 1.00. The molecular formula is C24H51NO. The molecule has 26 heavy (non-hydrogen) atoms. The van der Waals surface area contributed by atoms with E-state index in [0.717, 1.165) is 25.9 Å². The van der Waals surface area contributed by atoms with Gasteiger partial charge in [-0.25, -0.2) is 0 Å². The van der Waals surface area contributed by atoms with Gasteiger partial charge in [-0.05, 0) is 25.7 Å². The molecule has 1 N–H and O–H groups in total. The Morgan fingerprint density at radius 3 is 0.885 bits per heavy atom. The Kier molecular flexibility index (Phi) is 22.9. The van der Waals surface area contributed by atoms with Crippen LogP contribution in [0.1, 0.15) is 142 Å². The second-order valence-electron chi connectivity index (χ2n) is 8.40. The predicted octanol–water partition coefficient (Wildman–Crippen LogP) is 7.21. The minimum absolute atomic E-state index is 0.517. The molecule has 0 aromatic carbocycles. The summed E-state index contributed by atoms with van der Waals surface area (Å²) in [5, 5.41) is 12.4. The highest BCUT2D eigenvalue weighted by Gasteiger charge is 1.99. The molecule has 1 atom stereocenters. The number of unbranched alkanes of at least 4 members (excludes halogenated alkanes) is 18. The topological polar surface area (TPSA) is 27.5 Å². The Bertz CT molecular complexity index is 244. The monoisotopic (exact) mass is 369 g/mol. The second-order valence-corrected chi connectivity index (χ2v) is 8.40. The van der Waals surface area contributed by atoms with E-state index in [1.807, 2.05) is 0 Å². The smallest absolute Gasteiger partial charge is 0.0768 e. The van der Waals surface area contributed by atoms with E-state index in [4.69, 9.17) is 0 Å². The van der Waals surface area contributed by atoms with Crippen molar-refractivity contribution >= 4 is 0 Å². The standard InChI is InChI=1S/C24H51NO/c1-3-5-7-9-11-13-14-15-16-18-20-22-24-25(26)23-21-19-17-12-10-8-6-4-2/h25H,3-24H2,1-2H3.